The Morgan fingerprint density at radius 2 is 2.18 bits per heavy atom. The van der Waals surface area contributed by atoms with E-state index in [2.05, 4.69) is 4.98 Å². The number of pyridine rings is 1. The number of anilines is 1. The zero-order valence-corrected chi connectivity index (χ0v) is 11.3. The number of hydrogen-bond donors (Lipinski definition) is 2. The predicted octanol–water partition coefficient (Wildman–Crippen LogP) is 2.52. The van der Waals surface area contributed by atoms with E-state index in [1.165, 1.54) is 6.20 Å². The van der Waals surface area contributed by atoms with Gasteiger partial charge in [-0.2, -0.15) is 0 Å². The average molecular weight is 258 g/mol. The van der Waals surface area contributed by atoms with Crippen molar-refractivity contribution in [2.24, 2.45) is 5.73 Å². The lowest BCUT2D eigenvalue weighted by Gasteiger charge is -2.35. The molecule has 2 atom stereocenters. The van der Waals surface area contributed by atoms with Crippen LogP contribution in [0.15, 0.2) is 12.3 Å². The molecule has 1 rings (SSSR count). The van der Waals surface area contributed by atoms with Gasteiger partial charge in [-0.1, -0.05) is 18.5 Å². The molecule has 0 spiro atoms. The highest BCUT2D eigenvalue weighted by molar-refractivity contribution is 6.30. The summed E-state index contributed by atoms with van der Waals surface area (Å²) in [7, 11) is 0. The first-order chi connectivity index (χ1) is 7.94. The molecule has 0 fully saturated rings. The quantitative estimate of drug-likeness (QED) is 0.850. The third-order valence-electron chi connectivity index (χ3n) is 3.09. The minimum absolute atomic E-state index is 0.348. The van der Waals surface area contributed by atoms with E-state index in [9.17, 15) is 0 Å². The molecular formula is C12H20ClN3O. The molecule has 1 aromatic rings. The van der Waals surface area contributed by atoms with Gasteiger partial charge in [0.2, 0.25) is 0 Å². The number of hydrogen-bond acceptors (Lipinski definition) is 4. The van der Waals surface area contributed by atoms with Crippen LogP contribution in [-0.4, -0.2) is 17.2 Å². The highest BCUT2D eigenvalue weighted by Gasteiger charge is 2.33. The molecule has 0 bridgehead atoms. The Morgan fingerprint density at radius 3 is 2.71 bits per heavy atom. The van der Waals surface area contributed by atoms with Crippen LogP contribution in [0.3, 0.4) is 0 Å². The van der Waals surface area contributed by atoms with Crippen LogP contribution >= 0.6 is 11.6 Å². The molecule has 0 radical (unpaired) electrons. The average Bonchev–Trinajstić information content (AvgIpc) is 2.31. The summed E-state index contributed by atoms with van der Waals surface area (Å²) in [6.45, 7) is 6.55. The molecule has 2 unspecified atom stereocenters. The van der Waals surface area contributed by atoms with Gasteiger partial charge in [-0.3, -0.25) is 0 Å². The lowest BCUT2D eigenvalue weighted by molar-refractivity contribution is -0.0471. The zero-order chi connectivity index (χ0) is 13.1. The van der Waals surface area contributed by atoms with E-state index in [0.717, 1.165) is 12.0 Å². The van der Waals surface area contributed by atoms with Crippen LogP contribution in [0.25, 0.3) is 0 Å². The SMILES string of the molecule is CCOC(C)(CC)C(N)c1cc(Cl)cnc1N. The van der Waals surface area contributed by atoms with Crippen molar-refractivity contribution < 1.29 is 4.74 Å². The normalized spacial score (nSPS) is 16.5. The molecule has 0 aliphatic heterocycles. The minimum atomic E-state index is -0.463. The second kappa shape index (κ2) is 5.67. The van der Waals surface area contributed by atoms with Gasteiger partial charge in [-0.15, -0.1) is 0 Å². The summed E-state index contributed by atoms with van der Waals surface area (Å²) in [6, 6.07) is 1.40. The Labute approximate surface area is 107 Å². The number of nitrogens with two attached hydrogens (primary N) is 2. The van der Waals surface area contributed by atoms with Crippen LogP contribution in [0.1, 0.15) is 38.8 Å². The number of halogens is 1. The largest absolute Gasteiger partial charge is 0.383 e. The van der Waals surface area contributed by atoms with Crippen molar-refractivity contribution in [2.75, 3.05) is 12.3 Å². The van der Waals surface area contributed by atoms with Crippen molar-refractivity contribution in [1.29, 1.82) is 0 Å². The van der Waals surface area contributed by atoms with Crippen LogP contribution in [0.4, 0.5) is 5.82 Å². The van der Waals surface area contributed by atoms with E-state index in [1.54, 1.807) is 6.07 Å². The fourth-order valence-corrected chi connectivity index (χ4v) is 1.95. The first-order valence-corrected chi connectivity index (χ1v) is 6.12. The van der Waals surface area contributed by atoms with E-state index in [1.807, 2.05) is 20.8 Å². The summed E-state index contributed by atoms with van der Waals surface area (Å²) in [5, 5.41) is 0.527. The number of ether oxygens (including phenoxy) is 1. The molecular weight excluding hydrogens is 238 g/mol. The van der Waals surface area contributed by atoms with Gasteiger partial charge >= 0.3 is 0 Å². The molecule has 4 N–H and O–H groups in total. The van der Waals surface area contributed by atoms with Gasteiger partial charge in [-0.25, -0.2) is 4.98 Å². The molecule has 0 aliphatic rings. The minimum Gasteiger partial charge on any atom is -0.383 e. The molecule has 0 saturated carbocycles. The fourth-order valence-electron chi connectivity index (χ4n) is 1.79. The van der Waals surface area contributed by atoms with Crippen LogP contribution in [-0.2, 0) is 4.74 Å². The second-order valence-corrected chi connectivity index (χ2v) is 4.64. The second-order valence-electron chi connectivity index (χ2n) is 4.20. The van der Waals surface area contributed by atoms with Crippen molar-refractivity contribution in [3.63, 3.8) is 0 Å². The molecule has 96 valence electrons. The van der Waals surface area contributed by atoms with E-state index >= 15 is 0 Å². The molecule has 4 nitrogen and oxygen atoms in total. The van der Waals surface area contributed by atoms with Gasteiger partial charge in [0, 0.05) is 18.4 Å². The predicted molar refractivity (Wildman–Crippen MR) is 70.9 cm³/mol. The van der Waals surface area contributed by atoms with Crippen LogP contribution < -0.4 is 11.5 Å². The molecule has 5 heteroatoms. The van der Waals surface area contributed by atoms with Crippen molar-refractivity contribution in [2.45, 2.75) is 38.8 Å². The first kappa shape index (κ1) is 14.2. The number of rotatable bonds is 5. The number of nitrogens with zero attached hydrogens (tertiary/aromatic N) is 1. The van der Waals surface area contributed by atoms with Gasteiger partial charge in [0.05, 0.1) is 16.7 Å². The van der Waals surface area contributed by atoms with Gasteiger partial charge in [-0.05, 0) is 26.3 Å². The number of nitrogen functional groups attached to an aromatic ring is 1. The van der Waals surface area contributed by atoms with Gasteiger partial charge in [0.25, 0.3) is 0 Å². The molecule has 0 aliphatic carbocycles. The lowest BCUT2D eigenvalue weighted by Crippen LogP contribution is -2.41. The van der Waals surface area contributed by atoms with Gasteiger partial charge in [0.15, 0.2) is 0 Å². The molecule has 1 heterocycles. The zero-order valence-electron chi connectivity index (χ0n) is 10.5. The monoisotopic (exact) mass is 257 g/mol. The van der Waals surface area contributed by atoms with Crippen molar-refractivity contribution in [3.05, 3.63) is 22.8 Å². The highest BCUT2D eigenvalue weighted by atomic mass is 35.5. The van der Waals surface area contributed by atoms with Gasteiger partial charge in [0.1, 0.15) is 5.82 Å². The van der Waals surface area contributed by atoms with E-state index in [4.69, 9.17) is 27.8 Å². The first-order valence-electron chi connectivity index (χ1n) is 5.75. The highest BCUT2D eigenvalue weighted by Crippen LogP contribution is 2.33. The Balaban J connectivity index is 3.09. The fraction of sp³-hybridized carbons (Fsp3) is 0.583. The summed E-state index contributed by atoms with van der Waals surface area (Å²) in [4.78, 5) is 4.02. The molecule has 1 aromatic heterocycles. The smallest absolute Gasteiger partial charge is 0.128 e. The maximum absolute atomic E-state index is 6.24. The Kier molecular flexibility index (Phi) is 4.74. The van der Waals surface area contributed by atoms with Crippen LogP contribution in [0.2, 0.25) is 5.02 Å². The topological polar surface area (TPSA) is 74.2 Å². The van der Waals surface area contributed by atoms with Gasteiger partial charge < -0.3 is 16.2 Å². The number of aromatic nitrogens is 1. The van der Waals surface area contributed by atoms with Crippen molar-refractivity contribution in [3.8, 4) is 0 Å². The maximum atomic E-state index is 6.24. The lowest BCUT2D eigenvalue weighted by atomic mass is 9.88. The maximum Gasteiger partial charge on any atom is 0.128 e. The van der Waals surface area contributed by atoms with Crippen molar-refractivity contribution >= 4 is 17.4 Å². The van der Waals surface area contributed by atoms with E-state index in [-0.39, 0.29) is 6.04 Å². The van der Waals surface area contributed by atoms with E-state index < -0.39 is 5.60 Å². The summed E-state index contributed by atoms with van der Waals surface area (Å²) in [6.07, 6.45) is 2.30. The molecule has 17 heavy (non-hydrogen) atoms. The third kappa shape index (κ3) is 3.09. The molecule has 0 aromatic carbocycles. The summed E-state index contributed by atoms with van der Waals surface area (Å²) < 4.78 is 5.74. The van der Waals surface area contributed by atoms with Crippen molar-refractivity contribution in [1.82, 2.24) is 4.98 Å². The van der Waals surface area contributed by atoms with Crippen LogP contribution in [0.5, 0.6) is 0 Å². The Hall–Kier alpha value is -0.840. The standard InChI is InChI=1S/C12H20ClN3O/c1-4-12(3,17-5-2)10(14)9-6-8(13)7-16-11(9)15/h6-7,10H,4-5,14H2,1-3H3,(H2,15,16). The molecule has 0 amide bonds. The summed E-state index contributed by atoms with van der Waals surface area (Å²) in [5.41, 5.74) is 12.3. The third-order valence-corrected chi connectivity index (χ3v) is 3.29. The Morgan fingerprint density at radius 1 is 1.53 bits per heavy atom. The molecule has 0 saturated heterocycles. The van der Waals surface area contributed by atoms with E-state index in [0.29, 0.717) is 17.4 Å². The summed E-state index contributed by atoms with van der Waals surface area (Å²) in [5.74, 6) is 0.404. The summed E-state index contributed by atoms with van der Waals surface area (Å²) >= 11 is 5.92. The van der Waals surface area contributed by atoms with Crippen LogP contribution in [0, 0.1) is 0 Å². The Bertz CT molecular complexity index is 386.